The molecule has 1 N–H and O–H groups in total. The first-order chi connectivity index (χ1) is 14.5. The second-order valence-electron chi connectivity index (χ2n) is 8.40. The molecule has 2 aliphatic rings. The standard InChI is InChI=1S/C24H27ClN2O3/c1-24-12-4-3-5-19(24)22(24)23(28)27-26-14-17-8-11-20(21(13-17)29-2)30-15-16-6-9-18(25)10-7-16/h6-11,13-14,19,22H,3-5,12,15H2,1-2H3,(H,27,28)/b26-14-/t19-,22+,24+/m1/s1. The number of carbonyl (C=O) groups is 1. The Morgan fingerprint density at radius 1 is 1.23 bits per heavy atom. The summed E-state index contributed by atoms with van der Waals surface area (Å²) in [6, 6.07) is 13.1. The number of ether oxygens (including phenoxy) is 2. The van der Waals surface area contributed by atoms with Crippen LogP contribution in [0.2, 0.25) is 5.02 Å². The smallest absolute Gasteiger partial charge is 0.244 e. The van der Waals surface area contributed by atoms with Gasteiger partial charge in [-0.3, -0.25) is 4.79 Å². The van der Waals surface area contributed by atoms with E-state index < -0.39 is 0 Å². The molecule has 4 rings (SSSR count). The number of nitrogens with zero attached hydrogens (tertiary/aromatic N) is 1. The molecule has 2 fully saturated rings. The molecular formula is C24H27ClN2O3. The van der Waals surface area contributed by atoms with Crippen molar-refractivity contribution in [2.75, 3.05) is 7.11 Å². The number of benzene rings is 2. The molecule has 0 saturated heterocycles. The molecule has 0 aliphatic heterocycles. The summed E-state index contributed by atoms with van der Waals surface area (Å²) in [6.45, 7) is 2.65. The van der Waals surface area contributed by atoms with Crippen LogP contribution in [0.3, 0.4) is 0 Å². The van der Waals surface area contributed by atoms with Gasteiger partial charge in [0.05, 0.1) is 13.3 Å². The molecule has 30 heavy (non-hydrogen) atoms. The SMILES string of the molecule is COc1cc(/C=N\NC(=O)[C@@H]2[C@H]3CCCC[C@@]32C)ccc1OCc1ccc(Cl)cc1. The Kier molecular flexibility index (Phi) is 6.00. The Balaban J connectivity index is 1.34. The molecule has 1 amide bonds. The van der Waals surface area contributed by atoms with Crippen molar-refractivity contribution in [2.24, 2.45) is 22.4 Å². The Hall–Kier alpha value is -2.53. The van der Waals surface area contributed by atoms with Gasteiger partial charge in [0, 0.05) is 10.9 Å². The number of carbonyl (C=O) groups excluding carboxylic acids is 1. The van der Waals surface area contributed by atoms with Gasteiger partial charge in [-0.1, -0.05) is 43.5 Å². The first kappa shape index (κ1) is 20.7. The Labute approximate surface area is 182 Å². The first-order valence-electron chi connectivity index (χ1n) is 10.4. The second-order valence-corrected chi connectivity index (χ2v) is 8.83. The largest absolute Gasteiger partial charge is 0.493 e. The number of hydrogen-bond donors (Lipinski definition) is 1. The minimum atomic E-state index is 0.0375. The molecule has 0 spiro atoms. The van der Waals surface area contributed by atoms with Crippen molar-refractivity contribution in [3.05, 3.63) is 58.6 Å². The van der Waals surface area contributed by atoms with Gasteiger partial charge in [0.15, 0.2) is 11.5 Å². The number of hydrazone groups is 1. The van der Waals surface area contributed by atoms with Crippen molar-refractivity contribution in [2.45, 2.75) is 39.2 Å². The van der Waals surface area contributed by atoms with Crippen molar-refractivity contribution in [1.82, 2.24) is 5.43 Å². The van der Waals surface area contributed by atoms with E-state index in [2.05, 4.69) is 17.5 Å². The molecule has 0 aromatic heterocycles. The number of halogens is 1. The zero-order chi connectivity index (χ0) is 21.1. The van der Waals surface area contributed by atoms with Crippen LogP contribution >= 0.6 is 11.6 Å². The highest BCUT2D eigenvalue weighted by Gasteiger charge is 2.64. The van der Waals surface area contributed by atoms with E-state index >= 15 is 0 Å². The summed E-state index contributed by atoms with van der Waals surface area (Å²) < 4.78 is 11.3. The van der Waals surface area contributed by atoms with E-state index in [0.717, 1.165) is 24.0 Å². The minimum Gasteiger partial charge on any atom is -0.493 e. The lowest BCUT2D eigenvalue weighted by atomic mass is 9.90. The van der Waals surface area contributed by atoms with Crippen molar-refractivity contribution >= 4 is 23.7 Å². The van der Waals surface area contributed by atoms with Crippen molar-refractivity contribution in [3.8, 4) is 11.5 Å². The van der Waals surface area contributed by atoms with Gasteiger partial charge in [0.1, 0.15) is 6.61 Å². The zero-order valence-corrected chi connectivity index (χ0v) is 18.1. The van der Waals surface area contributed by atoms with Crippen LogP contribution in [0.15, 0.2) is 47.6 Å². The van der Waals surface area contributed by atoms with Gasteiger partial charge in [-0.05, 0) is 65.6 Å². The van der Waals surface area contributed by atoms with Crippen LogP contribution in [0.1, 0.15) is 43.7 Å². The fourth-order valence-corrected chi connectivity index (χ4v) is 4.84. The maximum Gasteiger partial charge on any atom is 0.244 e. The van der Waals surface area contributed by atoms with Crippen LogP contribution in [0, 0.1) is 17.3 Å². The van der Waals surface area contributed by atoms with E-state index in [1.807, 2.05) is 42.5 Å². The van der Waals surface area contributed by atoms with Gasteiger partial charge in [0.25, 0.3) is 0 Å². The highest BCUT2D eigenvalue weighted by molar-refractivity contribution is 6.30. The third-order valence-corrected chi connectivity index (χ3v) is 6.75. The molecule has 3 atom stereocenters. The lowest BCUT2D eigenvalue weighted by Crippen LogP contribution is -2.22. The molecule has 6 heteroatoms. The molecule has 0 heterocycles. The number of fused-ring (bicyclic) bond motifs is 1. The zero-order valence-electron chi connectivity index (χ0n) is 17.4. The van der Waals surface area contributed by atoms with Gasteiger partial charge in [-0.25, -0.2) is 5.43 Å². The third kappa shape index (κ3) is 4.31. The van der Waals surface area contributed by atoms with Crippen LogP contribution in [-0.4, -0.2) is 19.2 Å². The Morgan fingerprint density at radius 3 is 2.73 bits per heavy atom. The van der Waals surface area contributed by atoms with Crippen LogP contribution in [0.5, 0.6) is 11.5 Å². The Morgan fingerprint density at radius 2 is 2.03 bits per heavy atom. The maximum absolute atomic E-state index is 12.5. The summed E-state index contributed by atoms with van der Waals surface area (Å²) in [4.78, 5) is 12.5. The van der Waals surface area contributed by atoms with Crippen molar-refractivity contribution in [3.63, 3.8) is 0 Å². The number of amides is 1. The fraction of sp³-hybridized carbons (Fsp3) is 0.417. The predicted octanol–water partition coefficient (Wildman–Crippen LogP) is 5.20. The molecular weight excluding hydrogens is 400 g/mol. The summed E-state index contributed by atoms with van der Waals surface area (Å²) in [6.07, 6.45) is 6.41. The van der Waals surface area contributed by atoms with Crippen LogP contribution in [0.4, 0.5) is 0 Å². The monoisotopic (exact) mass is 426 g/mol. The van der Waals surface area contributed by atoms with E-state index in [4.69, 9.17) is 21.1 Å². The van der Waals surface area contributed by atoms with Crippen LogP contribution in [-0.2, 0) is 11.4 Å². The highest BCUT2D eigenvalue weighted by atomic mass is 35.5. The number of hydrogen-bond acceptors (Lipinski definition) is 4. The fourth-order valence-electron chi connectivity index (χ4n) is 4.72. The third-order valence-electron chi connectivity index (χ3n) is 6.50. The number of methoxy groups -OCH3 is 1. The molecule has 2 aromatic carbocycles. The van der Waals surface area contributed by atoms with Crippen LogP contribution in [0.25, 0.3) is 0 Å². The summed E-state index contributed by atoms with van der Waals surface area (Å²) in [5.41, 5.74) is 4.75. The molecule has 2 saturated carbocycles. The number of rotatable bonds is 7. The molecule has 0 bridgehead atoms. The number of nitrogens with one attached hydrogen (secondary N) is 1. The molecule has 2 aliphatic carbocycles. The van der Waals surface area contributed by atoms with Gasteiger partial charge in [-0.15, -0.1) is 0 Å². The van der Waals surface area contributed by atoms with Gasteiger partial charge in [0.2, 0.25) is 5.91 Å². The van der Waals surface area contributed by atoms with Gasteiger partial charge >= 0.3 is 0 Å². The summed E-state index contributed by atoms with van der Waals surface area (Å²) >= 11 is 5.91. The van der Waals surface area contributed by atoms with Gasteiger partial charge < -0.3 is 9.47 Å². The van der Waals surface area contributed by atoms with Gasteiger partial charge in [-0.2, -0.15) is 5.10 Å². The van der Waals surface area contributed by atoms with Crippen molar-refractivity contribution < 1.29 is 14.3 Å². The summed E-state index contributed by atoms with van der Waals surface area (Å²) in [5.74, 6) is 1.92. The molecule has 5 nitrogen and oxygen atoms in total. The van der Waals surface area contributed by atoms with E-state index in [9.17, 15) is 4.79 Å². The predicted molar refractivity (Wildman–Crippen MR) is 118 cm³/mol. The van der Waals surface area contributed by atoms with Crippen molar-refractivity contribution in [1.29, 1.82) is 0 Å². The molecule has 2 aromatic rings. The second kappa shape index (κ2) is 8.68. The average molecular weight is 427 g/mol. The van der Waals surface area contributed by atoms with E-state index in [1.54, 1.807) is 13.3 Å². The quantitative estimate of drug-likeness (QED) is 0.488. The lowest BCUT2D eigenvalue weighted by Gasteiger charge is -2.15. The summed E-state index contributed by atoms with van der Waals surface area (Å²) in [7, 11) is 1.60. The van der Waals surface area contributed by atoms with E-state index in [-0.39, 0.29) is 17.2 Å². The van der Waals surface area contributed by atoms with Crippen LogP contribution < -0.4 is 14.9 Å². The topological polar surface area (TPSA) is 59.9 Å². The average Bonchev–Trinajstić information content (AvgIpc) is 3.39. The summed E-state index contributed by atoms with van der Waals surface area (Å²) in [5, 5.41) is 4.86. The molecule has 158 valence electrons. The lowest BCUT2D eigenvalue weighted by molar-refractivity contribution is -0.123. The Bertz CT molecular complexity index is 944. The molecule has 0 radical (unpaired) electrons. The van der Waals surface area contributed by atoms with E-state index in [0.29, 0.717) is 29.0 Å². The maximum atomic E-state index is 12.5. The normalized spacial score (nSPS) is 24.9. The minimum absolute atomic E-state index is 0.0375. The highest BCUT2D eigenvalue weighted by Crippen LogP contribution is 2.66. The van der Waals surface area contributed by atoms with E-state index in [1.165, 1.54) is 12.8 Å². The first-order valence-corrected chi connectivity index (χ1v) is 10.8. The molecule has 0 unspecified atom stereocenters.